The summed E-state index contributed by atoms with van der Waals surface area (Å²) in [6.07, 6.45) is 0. The molecule has 7 nitrogen and oxygen atoms in total. The third kappa shape index (κ3) is 3.82. The molecule has 0 atom stereocenters. The number of carbonyl (C=O) groups excluding carboxylic acids is 1. The summed E-state index contributed by atoms with van der Waals surface area (Å²) in [5.41, 5.74) is 1.93. The number of nitrogens with zero attached hydrogens (tertiary/aromatic N) is 2. The highest BCUT2D eigenvalue weighted by molar-refractivity contribution is 9.10. The highest BCUT2D eigenvalue weighted by Crippen LogP contribution is 2.22. The number of aromatic nitrogens is 2. The molecular weight excluding hydrogens is 498 g/mol. The van der Waals surface area contributed by atoms with Crippen LogP contribution in [0.25, 0.3) is 27.6 Å². The lowest BCUT2D eigenvalue weighted by molar-refractivity contribution is 0.102. The number of para-hydroxylation sites is 1. The van der Waals surface area contributed by atoms with Crippen LogP contribution in [-0.2, 0) is 0 Å². The molecule has 0 saturated carbocycles. The number of nitrogens with one attached hydrogen (secondary N) is 1. The second kappa shape index (κ2) is 8.39. The van der Waals surface area contributed by atoms with Gasteiger partial charge in [0.2, 0.25) is 0 Å². The number of rotatable bonds is 3. The number of anilines is 1. The first-order valence-corrected chi connectivity index (χ1v) is 11.3. The molecule has 0 aliphatic rings. The van der Waals surface area contributed by atoms with E-state index in [-0.39, 0.29) is 11.1 Å². The second-order valence-corrected chi connectivity index (χ2v) is 8.82. The SMILES string of the molecule is Cc1cc(-n2c(C)nc3ccccc3c2=O)ccc1NC(=O)c1cc2cc(Br)ccc2oc1=O. The topological polar surface area (TPSA) is 94.2 Å². The standard InChI is InChI=1S/C26H18BrN3O4/c1-14-11-18(30-15(2)28-22-6-4-3-5-19(22)25(30)32)8-9-21(14)29-24(31)20-13-16-12-17(27)7-10-23(16)34-26(20)33/h3-13H,1-2H3,(H,29,31). The van der Waals surface area contributed by atoms with E-state index in [0.717, 1.165) is 10.0 Å². The summed E-state index contributed by atoms with van der Waals surface area (Å²) in [4.78, 5) is 42.9. The Morgan fingerprint density at radius 1 is 1.00 bits per heavy atom. The van der Waals surface area contributed by atoms with Crippen molar-refractivity contribution in [2.24, 2.45) is 0 Å². The molecule has 1 amide bonds. The smallest absolute Gasteiger partial charge is 0.349 e. The molecule has 0 fully saturated rings. The molecule has 0 unspecified atom stereocenters. The van der Waals surface area contributed by atoms with E-state index in [2.05, 4.69) is 26.2 Å². The van der Waals surface area contributed by atoms with E-state index in [0.29, 0.717) is 39.1 Å². The van der Waals surface area contributed by atoms with Gasteiger partial charge in [-0.05, 0) is 74.0 Å². The van der Waals surface area contributed by atoms with Crippen molar-refractivity contribution < 1.29 is 9.21 Å². The zero-order valence-electron chi connectivity index (χ0n) is 18.3. The van der Waals surface area contributed by atoms with Crippen LogP contribution in [0.15, 0.2) is 85.2 Å². The van der Waals surface area contributed by atoms with Crippen molar-refractivity contribution in [3.05, 3.63) is 109 Å². The quantitative estimate of drug-likeness (QED) is 0.336. The van der Waals surface area contributed by atoms with Crippen LogP contribution in [0.2, 0.25) is 0 Å². The van der Waals surface area contributed by atoms with Gasteiger partial charge in [-0.25, -0.2) is 9.78 Å². The monoisotopic (exact) mass is 515 g/mol. The molecule has 0 bridgehead atoms. The van der Waals surface area contributed by atoms with Gasteiger partial charge in [-0.3, -0.25) is 14.2 Å². The zero-order chi connectivity index (χ0) is 24.0. The minimum atomic E-state index is -0.717. The first kappa shape index (κ1) is 21.8. The minimum Gasteiger partial charge on any atom is -0.422 e. The summed E-state index contributed by atoms with van der Waals surface area (Å²) >= 11 is 3.38. The van der Waals surface area contributed by atoms with Gasteiger partial charge in [0, 0.05) is 15.5 Å². The summed E-state index contributed by atoms with van der Waals surface area (Å²) in [6, 6.07) is 19.1. The first-order valence-electron chi connectivity index (χ1n) is 10.5. The van der Waals surface area contributed by atoms with Gasteiger partial charge in [0.1, 0.15) is 17.0 Å². The normalized spacial score (nSPS) is 11.1. The molecule has 2 heterocycles. The molecule has 2 aromatic heterocycles. The van der Waals surface area contributed by atoms with Gasteiger partial charge in [0.05, 0.1) is 16.6 Å². The predicted octanol–water partition coefficient (Wildman–Crippen LogP) is 5.12. The molecule has 0 saturated heterocycles. The zero-order valence-corrected chi connectivity index (χ0v) is 19.8. The minimum absolute atomic E-state index is 0.0973. The fraction of sp³-hybridized carbons (Fsp3) is 0.0769. The van der Waals surface area contributed by atoms with Crippen LogP contribution in [0.3, 0.4) is 0 Å². The van der Waals surface area contributed by atoms with Gasteiger partial charge in [0.15, 0.2) is 0 Å². The van der Waals surface area contributed by atoms with Crippen LogP contribution in [0, 0.1) is 13.8 Å². The molecule has 1 N–H and O–H groups in total. The molecule has 5 aromatic rings. The summed E-state index contributed by atoms with van der Waals surface area (Å²) < 4.78 is 7.64. The number of fused-ring (bicyclic) bond motifs is 2. The maximum absolute atomic E-state index is 13.1. The summed E-state index contributed by atoms with van der Waals surface area (Å²) in [5.74, 6) is -0.0213. The molecule has 0 aliphatic carbocycles. The lowest BCUT2D eigenvalue weighted by Gasteiger charge is -2.14. The molecule has 34 heavy (non-hydrogen) atoms. The second-order valence-electron chi connectivity index (χ2n) is 7.90. The van der Waals surface area contributed by atoms with Crippen LogP contribution < -0.4 is 16.5 Å². The van der Waals surface area contributed by atoms with Crippen molar-refractivity contribution >= 4 is 49.4 Å². The van der Waals surface area contributed by atoms with Crippen LogP contribution >= 0.6 is 15.9 Å². The number of halogens is 1. The average Bonchev–Trinajstić information content (AvgIpc) is 2.80. The average molecular weight is 516 g/mol. The van der Waals surface area contributed by atoms with E-state index >= 15 is 0 Å². The fourth-order valence-electron chi connectivity index (χ4n) is 3.92. The molecule has 8 heteroatoms. The van der Waals surface area contributed by atoms with E-state index in [4.69, 9.17) is 4.42 Å². The van der Waals surface area contributed by atoms with E-state index < -0.39 is 11.5 Å². The largest absolute Gasteiger partial charge is 0.422 e. The highest BCUT2D eigenvalue weighted by atomic mass is 79.9. The highest BCUT2D eigenvalue weighted by Gasteiger charge is 2.16. The van der Waals surface area contributed by atoms with Gasteiger partial charge in [-0.1, -0.05) is 28.1 Å². The van der Waals surface area contributed by atoms with Gasteiger partial charge >= 0.3 is 5.63 Å². The molecule has 0 aliphatic heterocycles. The van der Waals surface area contributed by atoms with Crippen LogP contribution in [-0.4, -0.2) is 15.5 Å². The lowest BCUT2D eigenvalue weighted by Crippen LogP contribution is -2.23. The van der Waals surface area contributed by atoms with Crippen LogP contribution in [0.1, 0.15) is 21.7 Å². The summed E-state index contributed by atoms with van der Waals surface area (Å²) in [5, 5.41) is 3.93. The fourth-order valence-corrected chi connectivity index (χ4v) is 4.30. The van der Waals surface area contributed by atoms with Crippen molar-refractivity contribution in [3.8, 4) is 5.69 Å². The Morgan fingerprint density at radius 2 is 1.79 bits per heavy atom. The lowest BCUT2D eigenvalue weighted by atomic mass is 10.1. The van der Waals surface area contributed by atoms with Gasteiger partial charge in [-0.2, -0.15) is 0 Å². The maximum atomic E-state index is 13.1. The Bertz CT molecular complexity index is 1740. The Hall–Kier alpha value is -4.04. The Morgan fingerprint density at radius 3 is 2.59 bits per heavy atom. The van der Waals surface area contributed by atoms with Crippen LogP contribution in [0.5, 0.6) is 0 Å². The molecule has 168 valence electrons. The number of amides is 1. The molecule has 3 aromatic carbocycles. The van der Waals surface area contributed by atoms with Gasteiger partial charge < -0.3 is 9.73 Å². The first-order chi connectivity index (χ1) is 16.3. The summed E-state index contributed by atoms with van der Waals surface area (Å²) in [7, 11) is 0. The van der Waals surface area contributed by atoms with Crippen molar-refractivity contribution in [1.29, 1.82) is 0 Å². The predicted molar refractivity (Wildman–Crippen MR) is 135 cm³/mol. The number of benzene rings is 3. The van der Waals surface area contributed by atoms with Gasteiger partial charge in [-0.15, -0.1) is 0 Å². The third-order valence-electron chi connectivity index (χ3n) is 5.60. The number of hydrogen-bond acceptors (Lipinski definition) is 5. The number of hydrogen-bond donors (Lipinski definition) is 1. The van der Waals surface area contributed by atoms with Crippen molar-refractivity contribution in [2.75, 3.05) is 5.32 Å². The van der Waals surface area contributed by atoms with Crippen molar-refractivity contribution in [2.45, 2.75) is 13.8 Å². The Labute approximate surface area is 201 Å². The molecule has 0 radical (unpaired) electrons. The number of aryl methyl sites for hydroxylation is 2. The third-order valence-corrected chi connectivity index (χ3v) is 6.09. The van der Waals surface area contributed by atoms with E-state index in [1.165, 1.54) is 10.6 Å². The van der Waals surface area contributed by atoms with Crippen LogP contribution in [0.4, 0.5) is 5.69 Å². The Balaban J connectivity index is 1.50. The van der Waals surface area contributed by atoms with Crippen molar-refractivity contribution in [3.63, 3.8) is 0 Å². The molecule has 0 spiro atoms. The summed E-state index contributed by atoms with van der Waals surface area (Å²) in [6.45, 7) is 3.59. The van der Waals surface area contributed by atoms with Gasteiger partial charge in [0.25, 0.3) is 11.5 Å². The maximum Gasteiger partial charge on any atom is 0.349 e. The number of carbonyl (C=O) groups is 1. The van der Waals surface area contributed by atoms with Crippen molar-refractivity contribution in [1.82, 2.24) is 9.55 Å². The Kier molecular flexibility index (Phi) is 5.37. The molecule has 5 rings (SSSR count). The molecular formula is C26H18BrN3O4. The van der Waals surface area contributed by atoms with E-state index in [1.54, 1.807) is 61.5 Å². The van der Waals surface area contributed by atoms with E-state index in [9.17, 15) is 14.4 Å². The van der Waals surface area contributed by atoms with E-state index in [1.807, 2.05) is 13.0 Å².